The molecule has 4 N–H and O–H groups in total. The van der Waals surface area contributed by atoms with Crippen LogP contribution in [0.15, 0.2) is 0 Å². The van der Waals surface area contributed by atoms with E-state index in [1.165, 1.54) is 0 Å². The second kappa shape index (κ2) is 2.93. The molecule has 0 aromatic heterocycles. The number of nitrogens with zero attached hydrogens (tertiary/aromatic N) is 1. The fourth-order valence-corrected chi connectivity index (χ4v) is 3.16. The topological polar surface area (TPSA) is 72.3 Å². The molecule has 2 unspecified atom stereocenters. The highest BCUT2D eigenvalue weighted by atomic mass is 79.9. The lowest BCUT2D eigenvalue weighted by molar-refractivity contribution is -0.130. The van der Waals surface area contributed by atoms with Crippen LogP contribution in [-0.2, 0) is 4.79 Å². The number of hydrogen-bond acceptors (Lipinski definition) is 3. The summed E-state index contributed by atoms with van der Waals surface area (Å²) in [6, 6.07) is -0.160. The molecule has 0 spiro atoms. The van der Waals surface area contributed by atoms with E-state index in [4.69, 9.17) is 11.5 Å². The summed E-state index contributed by atoms with van der Waals surface area (Å²) >= 11 is 3.41. The van der Waals surface area contributed by atoms with Gasteiger partial charge in [0.2, 0.25) is 0 Å². The number of hydrogen-bond donors (Lipinski definition) is 2. The number of rotatable bonds is 1. The van der Waals surface area contributed by atoms with Gasteiger partial charge in [-0.2, -0.15) is 0 Å². The van der Waals surface area contributed by atoms with Crippen molar-refractivity contribution in [2.75, 3.05) is 13.1 Å². The highest BCUT2D eigenvalue weighted by Gasteiger charge is 2.54. The number of piperidine rings is 3. The Labute approximate surface area is 85.8 Å². The van der Waals surface area contributed by atoms with Crippen molar-refractivity contribution in [1.29, 1.82) is 0 Å². The second-order valence-electron chi connectivity index (χ2n) is 3.89. The van der Waals surface area contributed by atoms with Gasteiger partial charge in [0.15, 0.2) is 4.45 Å². The maximum absolute atomic E-state index is 11.3. The van der Waals surface area contributed by atoms with E-state index >= 15 is 0 Å². The van der Waals surface area contributed by atoms with Gasteiger partial charge in [0.1, 0.15) is 0 Å². The second-order valence-corrected chi connectivity index (χ2v) is 5.10. The lowest BCUT2D eigenvalue weighted by Gasteiger charge is -2.53. The van der Waals surface area contributed by atoms with Crippen molar-refractivity contribution < 1.29 is 4.79 Å². The molecule has 2 atom stereocenters. The summed E-state index contributed by atoms with van der Waals surface area (Å²) in [7, 11) is 0. The zero-order valence-corrected chi connectivity index (χ0v) is 8.96. The Hall–Kier alpha value is -0.130. The molecule has 0 aromatic rings. The molecule has 3 aliphatic heterocycles. The minimum Gasteiger partial charge on any atom is -0.367 e. The third-order valence-corrected chi connectivity index (χ3v) is 4.72. The number of amides is 1. The summed E-state index contributed by atoms with van der Waals surface area (Å²) in [5.74, 6) is 0.0845. The molecule has 1 amide bonds. The van der Waals surface area contributed by atoms with Gasteiger partial charge >= 0.3 is 0 Å². The predicted molar refractivity (Wildman–Crippen MR) is 53.1 cm³/mol. The molecule has 3 aliphatic rings. The molecule has 0 radical (unpaired) electrons. The van der Waals surface area contributed by atoms with Gasteiger partial charge in [0.25, 0.3) is 5.91 Å². The number of carbonyl (C=O) groups is 1. The zero-order chi connectivity index (χ0) is 9.64. The number of halogens is 1. The number of nitrogens with two attached hydrogens (primary N) is 2. The summed E-state index contributed by atoms with van der Waals surface area (Å²) in [5, 5.41) is 0. The molecule has 13 heavy (non-hydrogen) atoms. The summed E-state index contributed by atoms with van der Waals surface area (Å²) in [6.45, 7) is 1.85. The predicted octanol–water partition coefficient (Wildman–Crippen LogP) is -0.384. The van der Waals surface area contributed by atoms with Crippen LogP contribution in [0.3, 0.4) is 0 Å². The van der Waals surface area contributed by atoms with E-state index in [0.717, 1.165) is 25.9 Å². The van der Waals surface area contributed by atoms with Crippen molar-refractivity contribution in [2.24, 2.45) is 17.4 Å². The van der Waals surface area contributed by atoms with E-state index in [-0.39, 0.29) is 11.9 Å². The maximum atomic E-state index is 11.3. The summed E-state index contributed by atoms with van der Waals surface area (Å²) in [6.07, 6.45) is 2.17. The Morgan fingerprint density at radius 1 is 1.46 bits per heavy atom. The van der Waals surface area contributed by atoms with Crippen LogP contribution in [-0.4, -0.2) is 34.4 Å². The number of alkyl halides is 1. The average Bonchev–Trinajstić information content (AvgIpc) is 2.13. The van der Waals surface area contributed by atoms with Crippen molar-refractivity contribution in [3.63, 3.8) is 0 Å². The molecule has 4 nitrogen and oxygen atoms in total. The monoisotopic (exact) mass is 247 g/mol. The zero-order valence-electron chi connectivity index (χ0n) is 7.37. The molecule has 74 valence electrons. The van der Waals surface area contributed by atoms with E-state index in [1.54, 1.807) is 0 Å². The van der Waals surface area contributed by atoms with Gasteiger partial charge in [-0.25, -0.2) is 0 Å². The molecule has 3 rings (SSSR count). The van der Waals surface area contributed by atoms with E-state index in [9.17, 15) is 4.79 Å². The van der Waals surface area contributed by atoms with Crippen LogP contribution >= 0.6 is 15.9 Å². The minimum absolute atomic E-state index is 0.160. The normalized spacial score (nSPS) is 49.2. The van der Waals surface area contributed by atoms with E-state index in [1.807, 2.05) is 0 Å². The van der Waals surface area contributed by atoms with Crippen LogP contribution in [0.5, 0.6) is 0 Å². The van der Waals surface area contributed by atoms with E-state index in [2.05, 4.69) is 20.8 Å². The Kier molecular flexibility index (Phi) is 2.13. The Morgan fingerprint density at radius 3 is 2.31 bits per heavy atom. The number of carbonyl (C=O) groups excluding carboxylic acids is 1. The third-order valence-electron chi connectivity index (χ3n) is 3.30. The SMILES string of the molecule is NC(=O)C1(Br)C(N)C2CCN1CC2. The standard InChI is InChI=1S/C8H14BrN3O/c9-8(7(11)13)6(10)5-1-3-12(8)4-2-5/h5-6H,1-4,10H2,(H2,11,13). The largest absolute Gasteiger partial charge is 0.367 e. The molecule has 3 saturated heterocycles. The lowest BCUT2D eigenvalue weighted by Crippen LogP contribution is -2.71. The first-order valence-electron chi connectivity index (χ1n) is 4.56. The van der Waals surface area contributed by atoms with Crippen molar-refractivity contribution in [3.05, 3.63) is 0 Å². The van der Waals surface area contributed by atoms with Crippen molar-refractivity contribution >= 4 is 21.8 Å². The lowest BCUT2D eigenvalue weighted by atomic mass is 9.79. The van der Waals surface area contributed by atoms with Crippen LogP contribution < -0.4 is 11.5 Å². The molecule has 3 heterocycles. The molecular weight excluding hydrogens is 234 g/mol. The fourth-order valence-electron chi connectivity index (χ4n) is 2.43. The Bertz CT molecular complexity index is 236. The molecule has 5 heteroatoms. The third kappa shape index (κ3) is 1.14. The smallest absolute Gasteiger partial charge is 0.250 e. The van der Waals surface area contributed by atoms with Crippen molar-refractivity contribution in [2.45, 2.75) is 23.3 Å². The molecular formula is C8H14BrN3O. The first-order valence-corrected chi connectivity index (χ1v) is 5.35. The number of fused-ring (bicyclic) bond motifs is 3. The van der Waals surface area contributed by atoms with Crippen molar-refractivity contribution in [1.82, 2.24) is 4.90 Å². The van der Waals surface area contributed by atoms with Crippen LogP contribution in [0.4, 0.5) is 0 Å². The quantitative estimate of drug-likeness (QED) is 0.490. The number of primary amides is 1. The maximum Gasteiger partial charge on any atom is 0.250 e. The molecule has 0 aromatic carbocycles. The molecule has 0 saturated carbocycles. The summed E-state index contributed by atoms with van der Waals surface area (Å²) in [5.41, 5.74) is 11.4. The molecule has 3 fully saturated rings. The van der Waals surface area contributed by atoms with Crippen molar-refractivity contribution in [3.8, 4) is 0 Å². The van der Waals surface area contributed by atoms with Crippen LogP contribution in [0, 0.1) is 5.92 Å². The first-order chi connectivity index (χ1) is 6.06. The van der Waals surface area contributed by atoms with Crippen LogP contribution in [0.2, 0.25) is 0 Å². The summed E-state index contributed by atoms with van der Waals surface area (Å²) < 4.78 is -0.784. The first kappa shape index (κ1) is 9.43. The van der Waals surface area contributed by atoms with Gasteiger partial charge in [-0.15, -0.1) is 0 Å². The Morgan fingerprint density at radius 2 is 2.00 bits per heavy atom. The van der Waals surface area contributed by atoms with Crippen LogP contribution in [0.1, 0.15) is 12.8 Å². The van der Waals surface area contributed by atoms with Gasteiger partial charge in [-0.3, -0.25) is 9.69 Å². The summed E-state index contributed by atoms with van der Waals surface area (Å²) in [4.78, 5) is 13.4. The van der Waals surface area contributed by atoms with E-state index in [0.29, 0.717) is 5.92 Å². The van der Waals surface area contributed by atoms with Gasteiger partial charge in [-0.1, -0.05) is 15.9 Å². The van der Waals surface area contributed by atoms with E-state index < -0.39 is 4.45 Å². The fraction of sp³-hybridized carbons (Fsp3) is 0.875. The van der Waals surface area contributed by atoms with Gasteiger partial charge in [-0.05, 0) is 18.8 Å². The highest BCUT2D eigenvalue weighted by Crippen LogP contribution is 2.41. The highest BCUT2D eigenvalue weighted by molar-refractivity contribution is 9.10. The molecule has 2 bridgehead atoms. The van der Waals surface area contributed by atoms with Gasteiger partial charge in [0.05, 0.1) is 0 Å². The average molecular weight is 248 g/mol. The van der Waals surface area contributed by atoms with Gasteiger partial charge < -0.3 is 11.5 Å². The van der Waals surface area contributed by atoms with Gasteiger partial charge in [0, 0.05) is 19.1 Å². The van der Waals surface area contributed by atoms with Crippen LogP contribution in [0.25, 0.3) is 0 Å². The minimum atomic E-state index is -0.784. The molecule has 0 aliphatic carbocycles. The Balaban J connectivity index is 2.32.